The Kier molecular flexibility index (Phi) is 9.85. The highest BCUT2D eigenvalue weighted by Gasteiger charge is 2.57. The molecular formula is C36H52N4O5. The average molecular weight is 621 g/mol. The predicted molar refractivity (Wildman–Crippen MR) is 175 cm³/mol. The molecule has 246 valence electrons. The zero-order valence-electron chi connectivity index (χ0n) is 27.3. The maximum absolute atomic E-state index is 14.0. The summed E-state index contributed by atoms with van der Waals surface area (Å²) >= 11 is 0. The lowest BCUT2D eigenvalue weighted by molar-refractivity contribution is -0.183. The Morgan fingerprint density at radius 2 is 1.84 bits per heavy atom. The van der Waals surface area contributed by atoms with Crippen LogP contribution in [0, 0.1) is 29.1 Å². The minimum Gasteiger partial charge on any atom is -0.394 e. The van der Waals surface area contributed by atoms with E-state index >= 15 is 0 Å². The highest BCUT2D eigenvalue weighted by Crippen LogP contribution is 2.61. The predicted octanol–water partition coefficient (Wildman–Crippen LogP) is 3.76. The fourth-order valence-corrected chi connectivity index (χ4v) is 8.48. The summed E-state index contributed by atoms with van der Waals surface area (Å²) in [5.74, 6) is 0.969. The first-order valence-corrected chi connectivity index (χ1v) is 16.9. The van der Waals surface area contributed by atoms with Crippen LogP contribution in [0.2, 0.25) is 0 Å². The molecule has 0 spiro atoms. The molecule has 2 unspecified atom stereocenters. The van der Waals surface area contributed by atoms with Crippen LogP contribution in [-0.4, -0.2) is 96.4 Å². The normalized spacial score (nSPS) is 32.1. The van der Waals surface area contributed by atoms with Crippen molar-refractivity contribution in [2.24, 2.45) is 29.1 Å². The van der Waals surface area contributed by atoms with E-state index < -0.39 is 24.2 Å². The maximum atomic E-state index is 14.0. The SMILES string of the molecule is C[C@H](O)[C@@H]1[C@H](CO)ON(Cc2cccc(-c3ccc(NCCN4CCOCC4)cc3)c2)[C@@H]1C(=O)NC1CC2C[C@@H]([C@@H]1C)C2(C)C. The summed E-state index contributed by atoms with van der Waals surface area (Å²) < 4.78 is 5.44. The lowest BCUT2D eigenvalue weighted by Gasteiger charge is -2.62. The number of hydrogen-bond donors (Lipinski definition) is 4. The van der Waals surface area contributed by atoms with Crippen LogP contribution in [0.3, 0.4) is 0 Å². The number of nitrogens with zero attached hydrogens (tertiary/aromatic N) is 2. The molecule has 0 aromatic heterocycles. The Morgan fingerprint density at radius 3 is 2.51 bits per heavy atom. The number of carbonyl (C=O) groups is 1. The Bertz CT molecular complexity index is 1300. The quantitative estimate of drug-likeness (QED) is 0.301. The van der Waals surface area contributed by atoms with Crippen molar-refractivity contribution in [1.29, 1.82) is 0 Å². The molecule has 3 saturated carbocycles. The number of carbonyl (C=O) groups excluding carboxylic acids is 1. The van der Waals surface area contributed by atoms with Gasteiger partial charge in [0.2, 0.25) is 5.91 Å². The number of rotatable bonds is 11. The van der Waals surface area contributed by atoms with Crippen molar-refractivity contribution in [1.82, 2.24) is 15.3 Å². The summed E-state index contributed by atoms with van der Waals surface area (Å²) in [6, 6.07) is 16.2. The van der Waals surface area contributed by atoms with Gasteiger partial charge in [-0.15, -0.1) is 0 Å². The molecule has 2 heterocycles. The average Bonchev–Trinajstić information content (AvgIpc) is 3.41. The minimum absolute atomic E-state index is 0.110. The van der Waals surface area contributed by atoms with E-state index in [0.717, 1.165) is 68.2 Å². The Labute approximate surface area is 268 Å². The number of fused-ring (bicyclic) bond motifs is 2. The van der Waals surface area contributed by atoms with Crippen molar-refractivity contribution in [3.63, 3.8) is 0 Å². The molecule has 2 aromatic carbocycles. The lowest BCUT2D eigenvalue weighted by Crippen LogP contribution is -2.62. The van der Waals surface area contributed by atoms with Crippen molar-refractivity contribution < 1.29 is 24.6 Å². The first-order chi connectivity index (χ1) is 21.7. The molecule has 4 N–H and O–H groups in total. The molecule has 3 aliphatic carbocycles. The number of aliphatic hydroxyl groups is 2. The van der Waals surface area contributed by atoms with Crippen LogP contribution in [0.15, 0.2) is 48.5 Å². The van der Waals surface area contributed by atoms with Crippen LogP contribution >= 0.6 is 0 Å². The molecule has 9 heteroatoms. The molecule has 2 saturated heterocycles. The fraction of sp³-hybridized carbons (Fsp3) is 0.639. The Morgan fingerprint density at radius 1 is 1.09 bits per heavy atom. The third-order valence-corrected chi connectivity index (χ3v) is 11.4. The van der Waals surface area contributed by atoms with Crippen molar-refractivity contribution in [3.8, 4) is 11.1 Å². The van der Waals surface area contributed by atoms with Crippen LogP contribution < -0.4 is 10.6 Å². The number of morpholine rings is 1. The summed E-state index contributed by atoms with van der Waals surface area (Å²) in [5.41, 5.74) is 4.61. The van der Waals surface area contributed by atoms with Gasteiger partial charge in [-0.2, -0.15) is 5.06 Å². The van der Waals surface area contributed by atoms with Crippen LogP contribution in [0.5, 0.6) is 0 Å². The summed E-state index contributed by atoms with van der Waals surface area (Å²) in [4.78, 5) is 22.6. The van der Waals surface area contributed by atoms with E-state index in [1.54, 1.807) is 12.0 Å². The standard InChI is InChI=1S/C36H52N4O5/c1-23-30-19-28(36(30,3)4)20-31(23)38-35(43)34-33(24(2)42)32(22-41)45-40(34)21-25-6-5-7-27(18-25)26-8-10-29(11-9-26)37-12-13-39-14-16-44-17-15-39/h5-11,18,23-24,28,30-34,37,41-42H,12-17,19-22H2,1-4H3,(H,38,43)/t23-,24-,28?,30-,31?,32-,33+,34-/m0/s1. The second-order valence-corrected chi connectivity index (χ2v) is 14.4. The highest BCUT2D eigenvalue weighted by molar-refractivity contribution is 5.83. The van der Waals surface area contributed by atoms with Gasteiger partial charge in [0.05, 0.1) is 32.5 Å². The highest BCUT2D eigenvalue weighted by atomic mass is 16.7. The maximum Gasteiger partial charge on any atom is 0.240 e. The number of aliphatic hydroxyl groups excluding tert-OH is 2. The molecule has 1 amide bonds. The summed E-state index contributed by atoms with van der Waals surface area (Å²) in [5, 5.41) is 29.5. The summed E-state index contributed by atoms with van der Waals surface area (Å²) in [6.07, 6.45) is 0.763. The van der Waals surface area contributed by atoms with Gasteiger partial charge >= 0.3 is 0 Å². The Balaban J connectivity index is 1.12. The zero-order chi connectivity index (χ0) is 31.7. The lowest BCUT2D eigenvalue weighted by atomic mass is 9.45. The molecule has 2 bridgehead atoms. The van der Waals surface area contributed by atoms with Gasteiger partial charge in [0.1, 0.15) is 12.1 Å². The van der Waals surface area contributed by atoms with Crippen molar-refractivity contribution in [2.75, 3.05) is 51.3 Å². The molecular weight excluding hydrogens is 568 g/mol. The third kappa shape index (κ3) is 6.80. The number of anilines is 1. The van der Waals surface area contributed by atoms with E-state index in [-0.39, 0.29) is 18.6 Å². The number of hydrogen-bond acceptors (Lipinski definition) is 8. The third-order valence-electron chi connectivity index (χ3n) is 11.4. The van der Waals surface area contributed by atoms with Crippen molar-refractivity contribution >= 4 is 11.6 Å². The van der Waals surface area contributed by atoms with E-state index in [1.165, 1.54) is 6.42 Å². The minimum atomic E-state index is -0.814. The zero-order valence-corrected chi connectivity index (χ0v) is 27.3. The smallest absolute Gasteiger partial charge is 0.240 e. The molecule has 5 fully saturated rings. The molecule has 7 rings (SSSR count). The monoisotopic (exact) mass is 620 g/mol. The molecule has 9 nitrogen and oxygen atoms in total. The van der Waals surface area contributed by atoms with Gasteiger partial charge in [0.25, 0.3) is 0 Å². The Hall–Kier alpha value is -2.53. The van der Waals surface area contributed by atoms with E-state index in [9.17, 15) is 15.0 Å². The van der Waals surface area contributed by atoms with Gasteiger partial charge in [-0.3, -0.25) is 14.5 Å². The van der Waals surface area contributed by atoms with Gasteiger partial charge in [0.15, 0.2) is 0 Å². The molecule has 5 aliphatic rings. The van der Waals surface area contributed by atoms with Crippen LogP contribution in [0.1, 0.15) is 46.1 Å². The van der Waals surface area contributed by atoms with Gasteiger partial charge in [-0.05, 0) is 77.8 Å². The number of ether oxygens (including phenoxy) is 1. The van der Waals surface area contributed by atoms with E-state index in [4.69, 9.17) is 9.57 Å². The molecule has 0 radical (unpaired) electrons. The van der Waals surface area contributed by atoms with Crippen LogP contribution in [0.25, 0.3) is 11.1 Å². The topological polar surface area (TPSA) is 107 Å². The first kappa shape index (κ1) is 32.4. The summed E-state index contributed by atoms with van der Waals surface area (Å²) in [7, 11) is 0. The summed E-state index contributed by atoms with van der Waals surface area (Å²) in [6.45, 7) is 14.3. The number of hydroxylamine groups is 2. The van der Waals surface area contributed by atoms with Gasteiger partial charge in [0, 0.05) is 43.8 Å². The van der Waals surface area contributed by atoms with E-state index in [2.05, 4.69) is 72.7 Å². The molecule has 45 heavy (non-hydrogen) atoms. The molecule has 2 aromatic rings. The molecule has 2 aliphatic heterocycles. The second kappa shape index (κ2) is 13.7. The largest absolute Gasteiger partial charge is 0.394 e. The van der Waals surface area contributed by atoms with Crippen LogP contribution in [0.4, 0.5) is 5.69 Å². The first-order valence-electron chi connectivity index (χ1n) is 16.9. The van der Waals surface area contributed by atoms with Gasteiger partial charge in [-0.25, -0.2) is 0 Å². The number of nitrogens with one attached hydrogen (secondary N) is 2. The van der Waals surface area contributed by atoms with E-state index in [0.29, 0.717) is 29.7 Å². The fourth-order valence-electron chi connectivity index (χ4n) is 8.48. The van der Waals surface area contributed by atoms with E-state index in [1.807, 2.05) is 12.1 Å². The van der Waals surface area contributed by atoms with Gasteiger partial charge in [-0.1, -0.05) is 51.1 Å². The van der Waals surface area contributed by atoms with Crippen LogP contribution in [-0.2, 0) is 20.9 Å². The van der Waals surface area contributed by atoms with Crippen molar-refractivity contribution in [3.05, 3.63) is 54.1 Å². The van der Waals surface area contributed by atoms with Crippen molar-refractivity contribution in [2.45, 2.75) is 71.4 Å². The second-order valence-electron chi connectivity index (χ2n) is 14.4. The van der Waals surface area contributed by atoms with Gasteiger partial charge < -0.3 is 25.6 Å². The molecule has 8 atom stereocenters. The number of amides is 1. The number of benzene rings is 2.